The van der Waals surface area contributed by atoms with Gasteiger partial charge in [0.2, 0.25) is 0 Å². The Hall–Kier alpha value is -2.34. The minimum atomic E-state index is -0.00316. The maximum atomic E-state index is 12.9. The molecule has 0 unspecified atom stereocenters. The van der Waals surface area contributed by atoms with Gasteiger partial charge >= 0.3 is 0 Å². The summed E-state index contributed by atoms with van der Waals surface area (Å²) in [5.41, 5.74) is 4.61. The molecule has 0 bridgehead atoms. The number of nitrogens with one attached hydrogen (secondary N) is 2. The second-order valence-electron chi connectivity index (χ2n) is 8.80. The van der Waals surface area contributed by atoms with Crippen LogP contribution in [0.2, 0.25) is 5.02 Å². The molecule has 3 aromatic rings. The number of anilines is 1. The van der Waals surface area contributed by atoms with Crippen molar-refractivity contribution in [2.45, 2.75) is 31.9 Å². The molecule has 0 saturated heterocycles. The molecule has 0 aromatic heterocycles. The predicted octanol–water partition coefficient (Wildman–Crippen LogP) is 7.09. The number of hydrogen-bond acceptors (Lipinski definition) is 3. The lowest BCUT2D eigenvalue weighted by Gasteiger charge is -2.19. The molecule has 3 nitrogen and oxygen atoms in total. The highest BCUT2D eigenvalue weighted by molar-refractivity contribution is 7.98. The van der Waals surface area contributed by atoms with E-state index in [1.165, 1.54) is 11.1 Å². The lowest BCUT2D eigenvalue weighted by molar-refractivity contribution is 0.103. The monoisotopic (exact) mass is 496 g/mol. The van der Waals surface area contributed by atoms with Crippen LogP contribution in [-0.4, -0.2) is 23.2 Å². The van der Waals surface area contributed by atoms with Crippen LogP contribution in [0.3, 0.4) is 0 Å². The average molecular weight is 497 g/mol. The first kappa shape index (κ1) is 25.3. The summed E-state index contributed by atoms with van der Waals surface area (Å²) in [5.74, 6) is 1.85. The number of ketones is 1. The number of thioether (sulfide) groups is 1. The van der Waals surface area contributed by atoms with Gasteiger partial charge in [0.15, 0.2) is 10.9 Å². The van der Waals surface area contributed by atoms with Gasteiger partial charge in [0.05, 0.1) is 0 Å². The Morgan fingerprint density at radius 1 is 0.970 bits per heavy atom. The van der Waals surface area contributed by atoms with Gasteiger partial charge in [-0.1, -0.05) is 80.9 Å². The molecule has 3 aromatic carbocycles. The summed E-state index contributed by atoms with van der Waals surface area (Å²) in [6, 6.07) is 23.2. The van der Waals surface area contributed by atoms with Crippen LogP contribution in [0.1, 0.15) is 47.8 Å². The van der Waals surface area contributed by atoms with E-state index in [4.69, 9.17) is 23.8 Å². The van der Waals surface area contributed by atoms with Crippen molar-refractivity contribution in [1.29, 1.82) is 0 Å². The van der Waals surface area contributed by atoms with Crippen LogP contribution < -0.4 is 10.6 Å². The molecule has 0 saturated carbocycles. The zero-order chi connectivity index (χ0) is 23.8. The highest BCUT2D eigenvalue weighted by Crippen LogP contribution is 2.23. The van der Waals surface area contributed by atoms with Crippen molar-refractivity contribution < 1.29 is 4.79 Å². The summed E-state index contributed by atoms with van der Waals surface area (Å²) in [5, 5.41) is 7.70. The van der Waals surface area contributed by atoms with Crippen LogP contribution in [0.25, 0.3) is 0 Å². The Kier molecular flexibility index (Phi) is 8.95. The smallest absolute Gasteiger partial charge is 0.193 e. The van der Waals surface area contributed by atoms with Gasteiger partial charge in [0.1, 0.15) is 0 Å². The number of hydrogen-bond donors (Lipinski definition) is 2. The van der Waals surface area contributed by atoms with Crippen molar-refractivity contribution in [3.8, 4) is 0 Å². The summed E-state index contributed by atoms with van der Waals surface area (Å²) in [7, 11) is 0. The standard InChI is InChI=1S/C27H29ClN2OS2/c1-27(2,3)22-11-9-20(10-12-22)25(31)21-5-4-6-24(17-21)30-26(32)29-15-16-33-18-19-7-13-23(28)14-8-19/h4-14,17H,15-16,18H2,1-3H3,(H2,29,30,32). The molecule has 0 heterocycles. The van der Waals surface area contributed by atoms with E-state index in [1.54, 1.807) is 0 Å². The fourth-order valence-corrected chi connectivity index (χ4v) is 4.37. The summed E-state index contributed by atoms with van der Waals surface area (Å²) >= 11 is 13.2. The highest BCUT2D eigenvalue weighted by Gasteiger charge is 2.15. The van der Waals surface area contributed by atoms with Crippen molar-refractivity contribution in [3.05, 3.63) is 100 Å². The van der Waals surface area contributed by atoms with Crippen molar-refractivity contribution in [1.82, 2.24) is 5.32 Å². The Labute approximate surface area is 211 Å². The van der Waals surface area contributed by atoms with Crippen LogP contribution in [-0.2, 0) is 11.2 Å². The van der Waals surface area contributed by atoms with Gasteiger partial charge in [-0.2, -0.15) is 11.8 Å². The number of carbonyl (C=O) groups is 1. The van der Waals surface area contributed by atoms with Crippen molar-refractivity contribution in [2.24, 2.45) is 0 Å². The summed E-state index contributed by atoms with van der Waals surface area (Å²) in [6.45, 7) is 7.24. The molecule has 2 N–H and O–H groups in total. The van der Waals surface area contributed by atoms with E-state index in [2.05, 4.69) is 31.4 Å². The number of rotatable bonds is 8. The molecule has 0 fully saturated rings. The van der Waals surface area contributed by atoms with Crippen LogP contribution >= 0.6 is 35.6 Å². The molecule has 0 aliphatic heterocycles. The Morgan fingerprint density at radius 2 is 1.67 bits per heavy atom. The van der Waals surface area contributed by atoms with Crippen molar-refractivity contribution in [2.75, 3.05) is 17.6 Å². The SMILES string of the molecule is CC(C)(C)c1ccc(C(=O)c2cccc(NC(=S)NCCSCc3ccc(Cl)cc3)c2)cc1. The summed E-state index contributed by atoms with van der Waals surface area (Å²) in [6.07, 6.45) is 0. The molecule has 33 heavy (non-hydrogen) atoms. The summed E-state index contributed by atoms with van der Waals surface area (Å²) < 4.78 is 0. The number of carbonyl (C=O) groups excluding carboxylic acids is 1. The van der Waals surface area contributed by atoms with Gasteiger partial charge < -0.3 is 10.6 Å². The van der Waals surface area contributed by atoms with E-state index in [0.717, 1.165) is 28.8 Å². The van der Waals surface area contributed by atoms with Crippen LogP contribution in [0.5, 0.6) is 0 Å². The van der Waals surface area contributed by atoms with Crippen LogP contribution in [0, 0.1) is 0 Å². The van der Waals surface area contributed by atoms with E-state index in [9.17, 15) is 4.79 Å². The van der Waals surface area contributed by atoms with Gasteiger partial charge in [0, 0.05) is 39.9 Å². The molecule has 3 rings (SSSR count). The molecule has 0 amide bonds. The normalized spacial score (nSPS) is 11.2. The molecule has 0 atom stereocenters. The molecule has 6 heteroatoms. The third-order valence-corrected chi connectivity index (χ3v) is 6.64. The first-order valence-corrected chi connectivity index (χ1v) is 12.8. The fourth-order valence-electron chi connectivity index (χ4n) is 3.21. The Balaban J connectivity index is 1.48. The average Bonchev–Trinajstić information content (AvgIpc) is 2.79. The zero-order valence-corrected chi connectivity index (χ0v) is 21.5. The first-order chi connectivity index (χ1) is 15.7. The molecule has 0 spiro atoms. The minimum absolute atomic E-state index is 0.00316. The number of benzene rings is 3. The molecular weight excluding hydrogens is 468 g/mol. The second kappa shape index (κ2) is 11.7. The quantitative estimate of drug-likeness (QED) is 0.198. The zero-order valence-electron chi connectivity index (χ0n) is 19.2. The van der Waals surface area contributed by atoms with E-state index < -0.39 is 0 Å². The van der Waals surface area contributed by atoms with Gasteiger partial charge in [-0.15, -0.1) is 0 Å². The maximum Gasteiger partial charge on any atom is 0.193 e. The molecule has 0 aliphatic rings. The lowest BCUT2D eigenvalue weighted by atomic mass is 9.86. The third-order valence-electron chi connectivity index (χ3n) is 5.11. The summed E-state index contributed by atoms with van der Waals surface area (Å²) in [4.78, 5) is 12.9. The van der Waals surface area contributed by atoms with E-state index in [-0.39, 0.29) is 11.2 Å². The molecule has 0 radical (unpaired) electrons. The van der Waals surface area contributed by atoms with Crippen LogP contribution in [0.15, 0.2) is 72.8 Å². The van der Waals surface area contributed by atoms with E-state index in [1.807, 2.05) is 84.6 Å². The Bertz CT molecular complexity index is 1090. The van der Waals surface area contributed by atoms with Gasteiger partial charge in [-0.25, -0.2) is 0 Å². The van der Waals surface area contributed by atoms with E-state index >= 15 is 0 Å². The van der Waals surface area contributed by atoms with Crippen molar-refractivity contribution >= 4 is 52.2 Å². The first-order valence-electron chi connectivity index (χ1n) is 10.8. The third kappa shape index (κ3) is 7.88. The minimum Gasteiger partial charge on any atom is -0.362 e. The predicted molar refractivity (Wildman–Crippen MR) is 147 cm³/mol. The number of halogens is 1. The molecular formula is C27H29ClN2OS2. The fraction of sp³-hybridized carbons (Fsp3) is 0.259. The number of thiocarbonyl (C=S) groups is 1. The topological polar surface area (TPSA) is 41.1 Å². The molecule has 0 aliphatic carbocycles. The van der Waals surface area contributed by atoms with Gasteiger partial charge in [-0.3, -0.25) is 4.79 Å². The van der Waals surface area contributed by atoms with Gasteiger partial charge in [0.25, 0.3) is 0 Å². The molecule has 172 valence electrons. The largest absolute Gasteiger partial charge is 0.362 e. The van der Waals surface area contributed by atoms with E-state index in [0.29, 0.717) is 16.2 Å². The van der Waals surface area contributed by atoms with Crippen LogP contribution in [0.4, 0.5) is 5.69 Å². The van der Waals surface area contributed by atoms with Crippen molar-refractivity contribution in [3.63, 3.8) is 0 Å². The lowest BCUT2D eigenvalue weighted by Crippen LogP contribution is -2.30. The highest BCUT2D eigenvalue weighted by atomic mass is 35.5. The second-order valence-corrected chi connectivity index (χ2v) is 10.7. The Morgan fingerprint density at radius 3 is 2.33 bits per heavy atom. The maximum absolute atomic E-state index is 12.9. The van der Waals surface area contributed by atoms with Gasteiger partial charge in [-0.05, 0) is 53.0 Å².